The van der Waals surface area contributed by atoms with Gasteiger partial charge in [-0.25, -0.2) is 4.39 Å². The van der Waals surface area contributed by atoms with Crippen molar-refractivity contribution in [1.29, 1.82) is 0 Å². The quantitative estimate of drug-likeness (QED) is 0.422. The first kappa shape index (κ1) is 6.63. The molecule has 0 bridgehead atoms. The van der Waals surface area contributed by atoms with E-state index in [1.807, 2.05) is 0 Å². The zero-order valence-electron chi connectivity index (χ0n) is 5.26. The van der Waals surface area contributed by atoms with Crippen LogP contribution < -0.4 is 5.73 Å². The van der Waals surface area contributed by atoms with Gasteiger partial charge in [0.05, 0.1) is 5.56 Å². The molecule has 0 aliphatic carbocycles. The fraction of sp³-hybridized carbons (Fsp3) is 0. The number of hydrogen-bond acceptors (Lipinski definition) is 1. The highest BCUT2D eigenvalue weighted by atomic mass is 19.1. The van der Waals surface area contributed by atoms with Gasteiger partial charge in [-0.1, -0.05) is 5.92 Å². The summed E-state index contributed by atoms with van der Waals surface area (Å²) in [6.07, 6.45) is 5.02. The summed E-state index contributed by atoms with van der Waals surface area (Å²) in [5.41, 5.74) is 6.23. The molecule has 0 fully saturated rings. The van der Waals surface area contributed by atoms with Crippen molar-refractivity contribution in [3.63, 3.8) is 0 Å². The van der Waals surface area contributed by atoms with Gasteiger partial charge in [-0.3, -0.25) is 0 Å². The molecule has 0 aliphatic rings. The van der Waals surface area contributed by atoms with Gasteiger partial charge in [-0.05, 0) is 18.2 Å². The Morgan fingerprint density at radius 2 is 2.20 bits per heavy atom. The lowest BCUT2D eigenvalue weighted by atomic mass is 10.2. The highest BCUT2D eigenvalue weighted by Crippen LogP contribution is 2.10. The highest BCUT2D eigenvalue weighted by molar-refractivity contribution is 5.54. The van der Waals surface area contributed by atoms with E-state index in [1.165, 1.54) is 18.2 Å². The standard InChI is InChI=1S/C8H6FN/c1-2-6-5-7(9)3-4-8(6)10/h1,3-5H,10H2. The predicted octanol–water partition coefficient (Wildman–Crippen LogP) is 1.39. The van der Waals surface area contributed by atoms with Crippen LogP contribution in [0.15, 0.2) is 18.2 Å². The van der Waals surface area contributed by atoms with Crippen LogP contribution in [0.25, 0.3) is 0 Å². The van der Waals surface area contributed by atoms with Crippen molar-refractivity contribution in [2.75, 3.05) is 5.73 Å². The molecule has 0 unspecified atom stereocenters. The summed E-state index contributed by atoms with van der Waals surface area (Å²) in [5, 5.41) is 0. The molecule has 1 aromatic carbocycles. The van der Waals surface area contributed by atoms with Gasteiger partial charge in [-0.15, -0.1) is 6.42 Å². The van der Waals surface area contributed by atoms with Crippen LogP contribution in [0, 0.1) is 18.2 Å². The molecular formula is C8H6FN. The van der Waals surface area contributed by atoms with Crippen molar-refractivity contribution in [1.82, 2.24) is 0 Å². The second kappa shape index (κ2) is 2.40. The Morgan fingerprint density at radius 1 is 1.50 bits per heavy atom. The first-order chi connectivity index (χ1) is 4.74. The van der Waals surface area contributed by atoms with Gasteiger partial charge >= 0.3 is 0 Å². The molecule has 0 saturated heterocycles. The van der Waals surface area contributed by atoms with Gasteiger partial charge in [0, 0.05) is 5.69 Å². The lowest BCUT2D eigenvalue weighted by Gasteiger charge is -1.95. The monoisotopic (exact) mass is 135 g/mol. The first-order valence-corrected chi connectivity index (χ1v) is 2.75. The number of halogens is 1. The minimum absolute atomic E-state index is 0.359. The number of terminal acetylenes is 1. The Balaban J connectivity index is 3.25. The van der Waals surface area contributed by atoms with Crippen LogP contribution in [0.4, 0.5) is 10.1 Å². The third-order valence-corrected chi connectivity index (χ3v) is 1.17. The largest absolute Gasteiger partial charge is 0.398 e. The van der Waals surface area contributed by atoms with E-state index in [1.54, 1.807) is 0 Å². The van der Waals surface area contributed by atoms with Crippen LogP contribution >= 0.6 is 0 Å². The smallest absolute Gasteiger partial charge is 0.124 e. The third-order valence-electron chi connectivity index (χ3n) is 1.17. The zero-order valence-corrected chi connectivity index (χ0v) is 5.26. The average molecular weight is 135 g/mol. The topological polar surface area (TPSA) is 26.0 Å². The minimum Gasteiger partial charge on any atom is -0.398 e. The summed E-state index contributed by atoms with van der Waals surface area (Å²) in [5.74, 6) is 1.91. The van der Waals surface area contributed by atoms with Crippen molar-refractivity contribution in [2.45, 2.75) is 0 Å². The summed E-state index contributed by atoms with van der Waals surface area (Å²) < 4.78 is 12.4. The van der Waals surface area contributed by atoms with Crippen LogP contribution in [0.3, 0.4) is 0 Å². The minimum atomic E-state index is -0.359. The third kappa shape index (κ3) is 1.08. The fourth-order valence-electron chi connectivity index (χ4n) is 0.654. The molecule has 0 atom stereocenters. The molecule has 2 heteroatoms. The van der Waals surface area contributed by atoms with Crippen LogP contribution in [0.1, 0.15) is 5.56 Å². The molecule has 0 radical (unpaired) electrons. The van der Waals surface area contributed by atoms with Crippen molar-refractivity contribution in [3.8, 4) is 12.3 Å². The Kier molecular flexibility index (Phi) is 1.59. The molecular weight excluding hydrogens is 129 g/mol. The number of nitrogens with two attached hydrogens (primary N) is 1. The van der Waals surface area contributed by atoms with Gasteiger partial charge in [0.1, 0.15) is 5.82 Å². The molecule has 50 valence electrons. The normalized spacial score (nSPS) is 8.80. The van der Waals surface area contributed by atoms with E-state index in [0.29, 0.717) is 11.3 Å². The Labute approximate surface area is 58.7 Å². The number of nitrogen functional groups attached to an aromatic ring is 1. The number of rotatable bonds is 0. The number of benzene rings is 1. The molecule has 0 amide bonds. The van der Waals surface area contributed by atoms with Crippen molar-refractivity contribution < 1.29 is 4.39 Å². The summed E-state index contributed by atoms with van der Waals surface area (Å²) in [6, 6.07) is 3.95. The van der Waals surface area contributed by atoms with E-state index in [-0.39, 0.29) is 5.82 Å². The second-order valence-corrected chi connectivity index (χ2v) is 1.88. The SMILES string of the molecule is C#Cc1cc(F)ccc1N. The molecule has 0 heterocycles. The fourth-order valence-corrected chi connectivity index (χ4v) is 0.654. The van der Waals surface area contributed by atoms with E-state index in [4.69, 9.17) is 12.2 Å². The van der Waals surface area contributed by atoms with E-state index < -0.39 is 0 Å². The summed E-state index contributed by atoms with van der Waals surface area (Å²) >= 11 is 0. The lowest BCUT2D eigenvalue weighted by Crippen LogP contribution is -1.89. The second-order valence-electron chi connectivity index (χ2n) is 1.88. The van der Waals surface area contributed by atoms with E-state index in [2.05, 4.69) is 5.92 Å². The van der Waals surface area contributed by atoms with Crippen molar-refractivity contribution in [3.05, 3.63) is 29.6 Å². The summed E-state index contributed by atoms with van der Waals surface area (Å²) in [7, 11) is 0. The maximum absolute atomic E-state index is 12.4. The highest BCUT2D eigenvalue weighted by Gasteiger charge is 1.95. The van der Waals surface area contributed by atoms with E-state index >= 15 is 0 Å². The van der Waals surface area contributed by atoms with Gasteiger partial charge < -0.3 is 5.73 Å². The summed E-state index contributed by atoms with van der Waals surface area (Å²) in [6.45, 7) is 0. The molecule has 0 aromatic heterocycles. The van der Waals surface area contributed by atoms with Crippen LogP contribution in [-0.2, 0) is 0 Å². The van der Waals surface area contributed by atoms with Crippen LogP contribution in [0.5, 0.6) is 0 Å². The molecule has 1 aromatic rings. The molecule has 0 spiro atoms. The van der Waals surface area contributed by atoms with Gasteiger partial charge in [-0.2, -0.15) is 0 Å². The first-order valence-electron chi connectivity index (χ1n) is 2.75. The Hall–Kier alpha value is -1.49. The molecule has 0 aliphatic heterocycles. The van der Waals surface area contributed by atoms with Crippen LogP contribution in [0.2, 0.25) is 0 Å². The molecule has 2 N–H and O–H groups in total. The zero-order chi connectivity index (χ0) is 7.56. The maximum Gasteiger partial charge on any atom is 0.124 e. The predicted molar refractivity (Wildman–Crippen MR) is 38.7 cm³/mol. The molecule has 0 saturated carbocycles. The molecule has 1 rings (SSSR count). The van der Waals surface area contributed by atoms with Crippen LogP contribution in [-0.4, -0.2) is 0 Å². The average Bonchev–Trinajstić information content (AvgIpc) is 1.94. The lowest BCUT2D eigenvalue weighted by molar-refractivity contribution is 0.627. The van der Waals surface area contributed by atoms with E-state index in [0.717, 1.165) is 0 Å². The van der Waals surface area contributed by atoms with Crippen molar-refractivity contribution in [2.24, 2.45) is 0 Å². The summed E-state index contributed by atoms with van der Waals surface area (Å²) in [4.78, 5) is 0. The van der Waals surface area contributed by atoms with Crippen molar-refractivity contribution >= 4 is 5.69 Å². The Bertz CT molecular complexity index is 286. The van der Waals surface area contributed by atoms with Gasteiger partial charge in [0.25, 0.3) is 0 Å². The Morgan fingerprint density at radius 3 is 2.70 bits per heavy atom. The van der Waals surface area contributed by atoms with Gasteiger partial charge in [0.2, 0.25) is 0 Å². The molecule has 10 heavy (non-hydrogen) atoms. The number of hydrogen-bond donors (Lipinski definition) is 1. The van der Waals surface area contributed by atoms with E-state index in [9.17, 15) is 4.39 Å². The molecule has 1 nitrogen and oxygen atoms in total. The van der Waals surface area contributed by atoms with Gasteiger partial charge in [0.15, 0.2) is 0 Å². The number of anilines is 1. The maximum atomic E-state index is 12.4.